The van der Waals surface area contributed by atoms with E-state index < -0.39 is 0 Å². The smallest absolute Gasteiger partial charge is 0.225 e. The molecule has 0 unspecified atom stereocenters. The SMILES string of the molecule is COc1cccc(CC(=O)NCC#Cc2ccccc2N(C)C)c1. The van der Waals surface area contributed by atoms with Gasteiger partial charge >= 0.3 is 0 Å². The quantitative estimate of drug-likeness (QED) is 0.860. The first kappa shape index (κ1) is 17.4. The van der Waals surface area contributed by atoms with Gasteiger partial charge in [-0.1, -0.05) is 36.1 Å². The maximum atomic E-state index is 12.0. The van der Waals surface area contributed by atoms with Crippen LogP contribution in [0.3, 0.4) is 0 Å². The number of rotatable bonds is 5. The molecule has 124 valence electrons. The second-order valence-corrected chi connectivity index (χ2v) is 5.52. The summed E-state index contributed by atoms with van der Waals surface area (Å²) in [4.78, 5) is 14.0. The third-order valence-electron chi connectivity index (χ3n) is 3.48. The van der Waals surface area contributed by atoms with Gasteiger partial charge in [-0.15, -0.1) is 0 Å². The number of carbonyl (C=O) groups is 1. The number of ether oxygens (including phenoxy) is 1. The van der Waals surface area contributed by atoms with Gasteiger partial charge in [-0.25, -0.2) is 0 Å². The number of benzene rings is 2. The van der Waals surface area contributed by atoms with Crippen LogP contribution < -0.4 is 15.0 Å². The molecule has 2 rings (SSSR count). The molecule has 0 atom stereocenters. The van der Waals surface area contributed by atoms with E-state index in [1.165, 1.54) is 0 Å². The van der Waals surface area contributed by atoms with Gasteiger partial charge in [-0.05, 0) is 29.8 Å². The Balaban J connectivity index is 1.89. The highest BCUT2D eigenvalue weighted by molar-refractivity contribution is 5.79. The summed E-state index contributed by atoms with van der Waals surface area (Å²) in [6.07, 6.45) is 0.313. The predicted molar refractivity (Wildman–Crippen MR) is 97.4 cm³/mol. The van der Waals surface area contributed by atoms with Crippen molar-refractivity contribution in [1.82, 2.24) is 5.32 Å². The van der Waals surface area contributed by atoms with Crippen molar-refractivity contribution in [2.24, 2.45) is 0 Å². The van der Waals surface area contributed by atoms with Crippen molar-refractivity contribution in [2.75, 3.05) is 32.6 Å². The lowest BCUT2D eigenvalue weighted by molar-refractivity contribution is -0.120. The maximum absolute atomic E-state index is 12.0. The first-order valence-corrected chi connectivity index (χ1v) is 7.75. The summed E-state index contributed by atoms with van der Waals surface area (Å²) in [5.74, 6) is 6.80. The monoisotopic (exact) mass is 322 g/mol. The molecule has 24 heavy (non-hydrogen) atoms. The first-order valence-electron chi connectivity index (χ1n) is 7.75. The Kier molecular flexibility index (Phi) is 6.27. The fourth-order valence-electron chi connectivity index (χ4n) is 2.28. The summed E-state index contributed by atoms with van der Waals surface area (Å²) >= 11 is 0. The molecule has 4 heteroatoms. The van der Waals surface area contributed by atoms with E-state index in [-0.39, 0.29) is 5.91 Å². The molecular formula is C20H22N2O2. The first-order chi connectivity index (χ1) is 11.6. The second kappa shape index (κ2) is 8.64. The van der Waals surface area contributed by atoms with E-state index in [1.807, 2.05) is 67.5 Å². The van der Waals surface area contributed by atoms with Crippen LogP contribution in [0.1, 0.15) is 11.1 Å². The number of amides is 1. The molecule has 0 bridgehead atoms. The van der Waals surface area contributed by atoms with Crippen LogP contribution in [0.15, 0.2) is 48.5 Å². The fraction of sp³-hybridized carbons (Fsp3) is 0.250. The Morgan fingerprint density at radius 1 is 1.17 bits per heavy atom. The van der Waals surface area contributed by atoms with Crippen molar-refractivity contribution < 1.29 is 9.53 Å². The van der Waals surface area contributed by atoms with Crippen molar-refractivity contribution in [3.63, 3.8) is 0 Å². The molecule has 0 aromatic heterocycles. The van der Waals surface area contributed by atoms with E-state index >= 15 is 0 Å². The van der Waals surface area contributed by atoms with Gasteiger partial charge in [0.05, 0.1) is 25.8 Å². The highest BCUT2D eigenvalue weighted by atomic mass is 16.5. The van der Waals surface area contributed by atoms with Crippen molar-refractivity contribution in [3.05, 3.63) is 59.7 Å². The highest BCUT2D eigenvalue weighted by Gasteiger charge is 2.03. The van der Waals surface area contributed by atoms with Crippen molar-refractivity contribution >= 4 is 11.6 Å². The zero-order chi connectivity index (χ0) is 17.4. The van der Waals surface area contributed by atoms with Gasteiger partial charge in [-0.3, -0.25) is 4.79 Å². The van der Waals surface area contributed by atoms with Crippen molar-refractivity contribution in [2.45, 2.75) is 6.42 Å². The summed E-state index contributed by atoms with van der Waals surface area (Å²) in [6.45, 7) is 0.324. The molecule has 0 aliphatic rings. The number of methoxy groups -OCH3 is 1. The molecule has 0 spiro atoms. The lowest BCUT2D eigenvalue weighted by Crippen LogP contribution is -2.25. The molecule has 1 N–H and O–H groups in total. The molecular weight excluding hydrogens is 300 g/mol. The Hall–Kier alpha value is -2.93. The van der Waals surface area contributed by atoms with E-state index in [0.717, 1.165) is 22.6 Å². The number of nitrogens with one attached hydrogen (secondary N) is 1. The molecule has 0 fully saturated rings. The largest absolute Gasteiger partial charge is 0.497 e. The van der Waals surface area contributed by atoms with Crippen molar-refractivity contribution in [3.8, 4) is 17.6 Å². The van der Waals surface area contributed by atoms with Crippen LogP contribution in [0, 0.1) is 11.8 Å². The standard InChI is InChI=1S/C20H22N2O2/c1-22(2)19-12-5-4-9-17(19)10-7-13-21-20(23)15-16-8-6-11-18(14-16)24-3/h4-6,8-9,11-12,14H,13,15H2,1-3H3,(H,21,23). The zero-order valence-corrected chi connectivity index (χ0v) is 14.3. The molecule has 0 aliphatic heterocycles. The van der Waals surface area contributed by atoms with E-state index in [9.17, 15) is 4.79 Å². The molecule has 2 aromatic carbocycles. The maximum Gasteiger partial charge on any atom is 0.225 e. The van der Waals surface area contributed by atoms with Gasteiger partial charge in [0, 0.05) is 19.7 Å². The third kappa shape index (κ3) is 5.06. The Bertz CT molecular complexity index is 757. The molecule has 1 amide bonds. The minimum Gasteiger partial charge on any atom is -0.497 e. The van der Waals surface area contributed by atoms with Gasteiger partial charge in [0.15, 0.2) is 0 Å². The minimum atomic E-state index is -0.0570. The van der Waals surface area contributed by atoms with Crippen LogP contribution in [0.4, 0.5) is 5.69 Å². The van der Waals surface area contributed by atoms with Crippen LogP contribution in [0.2, 0.25) is 0 Å². The lowest BCUT2D eigenvalue weighted by Gasteiger charge is -2.13. The third-order valence-corrected chi connectivity index (χ3v) is 3.48. The van der Waals surface area contributed by atoms with E-state index in [0.29, 0.717) is 13.0 Å². The molecule has 0 heterocycles. The molecule has 2 aromatic rings. The predicted octanol–water partition coefficient (Wildman–Crippen LogP) is 2.47. The van der Waals surface area contributed by atoms with Gasteiger partial charge in [0.25, 0.3) is 0 Å². The fourth-order valence-corrected chi connectivity index (χ4v) is 2.28. The zero-order valence-electron chi connectivity index (χ0n) is 14.3. The Morgan fingerprint density at radius 3 is 2.71 bits per heavy atom. The van der Waals surface area contributed by atoms with E-state index in [4.69, 9.17) is 4.74 Å². The molecule has 4 nitrogen and oxygen atoms in total. The number of para-hydroxylation sites is 1. The van der Waals surface area contributed by atoms with E-state index in [1.54, 1.807) is 7.11 Å². The minimum absolute atomic E-state index is 0.0570. The van der Waals surface area contributed by atoms with Crippen LogP contribution in [-0.4, -0.2) is 33.7 Å². The second-order valence-electron chi connectivity index (χ2n) is 5.52. The summed E-state index contributed by atoms with van der Waals surface area (Å²) in [6, 6.07) is 15.4. The summed E-state index contributed by atoms with van der Waals surface area (Å²) in [5, 5.41) is 2.82. The number of anilines is 1. The van der Waals surface area contributed by atoms with Crippen LogP contribution >= 0.6 is 0 Å². The number of hydrogen-bond acceptors (Lipinski definition) is 3. The van der Waals surface area contributed by atoms with Crippen LogP contribution in [0.25, 0.3) is 0 Å². The Labute approximate surface area is 143 Å². The molecule has 0 aliphatic carbocycles. The molecule has 0 saturated carbocycles. The highest BCUT2D eigenvalue weighted by Crippen LogP contribution is 2.16. The van der Waals surface area contributed by atoms with Gasteiger partial charge < -0.3 is 15.0 Å². The van der Waals surface area contributed by atoms with Gasteiger partial charge in [-0.2, -0.15) is 0 Å². The van der Waals surface area contributed by atoms with Gasteiger partial charge in [0.2, 0.25) is 5.91 Å². The van der Waals surface area contributed by atoms with Crippen LogP contribution in [0.5, 0.6) is 5.75 Å². The summed E-state index contributed by atoms with van der Waals surface area (Å²) in [7, 11) is 5.58. The number of hydrogen-bond donors (Lipinski definition) is 1. The van der Waals surface area contributed by atoms with Crippen LogP contribution in [-0.2, 0) is 11.2 Å². The van der Waals surface area contributed by atoms with Crippen molar-refractivity contribution in [1.29, 1.82) is 0 Å². The average Bonchev–Trinajstić information content (AvgIpc) is 2.59. The summed E-state index contributed by atoms with van der Waals surface area (Å²) < 4.78 is 5.16. The number of nitrogens with zero attached hydrogens (tertiary/aromatic N) is 1. The Morgan fingerprint density at radius 2 is 1.96 bits per heavy atom. The number of carbonyl (C=O) groups excluding carboxylic acids is 1. The molecule has 0 saturated heterocycles. The summed E-state index contributed by atoms with van der Waals surface area (Å²) in [5.41, 5.74) is 2.93. The lowest BCUT2D eigenvalue weighted by atomic mass is 10.1. The normalized spacial score (nSPS) is 9.62. The average molecular weight is 322 g/mol. The molecule has 0 radical (unpaired) electrons. The van der Waals surface area contributed by atoms with Gasteiger partial charge in [0.1, 0.15) is 5.75 Å². The topological polar surface area (TPSA) is 41.6 Å². The van der Waals surface area contributed by atoms with E-state index in [2.05, 4.69) is 17.2 Å².